The fourth-order valence-corrected chi connectivity index (χ4v) is 3.03. The maximum Gasteiger partial charge on any atom is 0.137 e. The first-order valence-electron chi connectivity index (χ1n) is 7.72. The highest BCUT2D eigenvalue weighted by Gasteiger charge is 2.32. The van der Waals surface area contributed by atoms with Crippen LogP contribution in [0.4, 0.5) is 0 Å². The van der Waals surface area contributed by atoms with Crippen molar-refractivity contribution in [1.82, 2.24) is 14.8 Å². The minimum Gasteiger partial charge on any atom is -0.457 e. The number of hydrogen-bond acceptors (Lipinski definition) is 5. The van der Waals surface area contributed by atoms with Gasteiger partial charge in [0.2, 0.25) is 0 Å². The Labute approximate surface area is 160 Å². The molecule has 1 atom stereocenters. The number of carbonyl (C=O) groups is 1. The Balaban J connectivity index is 1.86. The average Bonchev–Trinajstić information content (AvgIpc) is 3.10. The predicted octanol–water partition coefficient (Wildman–Crippen LogP) is 3.85. The number of rotatable bonds is 7. The number of ether oxygens (including phenoxy) is 1. The normalized spacial score (nSPS) is 13.2. The van der Waals surface area contributed by atoms with Crippen molar-refractivity contribution < 1.29 is 14.6 Å². The summed E-state index contributed by atoms with van der Waals surface area (Å²) in [5.41, 5.74) is -1.10. The van der Waals surface area contributed by atoms with Gasteiger partial charge < -0.3 is 14.6 Å². The zero-order chi connectivity index (χ0) is 18.6. The summed E-state index contributed by atoms with van der Waals surface area (Å²) in [7, 11) is 0. The highest BCUT2D eigenvalue weighted by atomic mass is 35.5. The smallest absolute Gasteiger partial charge is 0.137 e. The molecule has 2 aromatic carbocycles. The van der Waals surface area contributed by atoms with Crippen molar-refractivity contribution in [1.29, 1.82) is 0 Å². The van der Waals surface area contributed by atoms with Gasteiger partial charge in [-0.25, -0.2) is 9.67 Å². The average molecular weight is 392 g/mol. The van der Waals surface area contributed by atoms with E-state index in [1.165, 1.54) is 17.3 Å². The van der Waals surface area contributed by atoms with Crippen LogP contribution < -0.4 is 4.74 Å². The van der Waals surface area contributed by atoms with Gasteiger partial charge in [-0.2, -0.15) is 5.10 Å². The first-order chi connectivity index (χ1) is 12.5. The van der Waals surface area contributed by atoms with Gasteiger partial charge in [-0.3, -0.25) is 0 Å². The lowest BCUT2D eigenvalue weighted by molar-refractivity contribution is -0.113. The lowest BCUT2D eigenvalue weighted by Gasteiger charge is -2.27. The number of aliphatic hydroxyl groups is 1. The predicted molar refractivity (Wildman–Crippen MR) is 97.6 cm³/mol. The van der Waals surface area contributed by atoms with Crippen LogP contribution in [0.2, 0.25) is 10.0 Å². The first-order valence-corrected chi connectivity index (χ1v) is 8.48. The molecule has 3 aromatic rings. The third-order valence-electron chi connectivity index (χ3n) is 3.80. The second-order valence-corrected chi connectivity index (χ2v) is 6.54. The van der Waals surface area contributed by atoms with E-state index in [4.69, 9.17) is 27.9 Å². The number of halogens is 2. The van der Waals surface area contributed by atoms with Crippen LogP contribution in [0.5, 0.6) is 11.5 Å². The van der Waals surface area contributed by atoms with Crippen molar-refractivity contribution in [2.45, 2.75) is 18.6 Å². The fraction of sp³-hybridized carbons (Fsp3) is 0.167. The van der Waals surface area contributed by atoms with Gasteiger partial charge in [0.05, 0.1) is 11.6 Å². The van der Waals surface area contributed by atoms with Crippen LogP contribution in [0.3, 0.4) is 0 Å². The summed E-state index contributed by atoms with van der Waals surface area (Å²) in [6, 6.07) is 11.8. The van der Waals surface area contributed by atoms with E-state index in [-0.39, 0.29) is 18.0 Å². The zero-order valence-electron chi connectivity index (χ0n) is 13.5. The molecule has 0 amide bonds. The summed E-state index contributed by atoms with van der Waals surface area (Å²) < 4.78 is 7.17. The quantitative estimate of drug-likeness (QED) is 0.618. The molecule has 1 heterocycles. The Bertz CT molecular complexity index is 885. The molecule has 6 nitrogen and oxygen atoms in total. The zero-order valence-corrected chi connectivity index (χ0v) is 15.1. The Hall–Kier alpha value is -2.41. The maximum absolute atomic E-state index is 11.1. The van der Waals surface area contributed by atoms with Crippen molar-refractivity contribution in [3.05, 3.63) is 70.7 Å². The molecule has 8 heteroatoms. The van der Waals surface area contributed by atoms with Crippen LogP contribution in [0.15, 0.2) is 55.1 Å². The molecule has 0 aliphatic heterocycles. The number of nitrogens with zero attached hydrogens (tertiary/aromatic N) is 3. The second-order valence-electron chi connectivity index (χ2n) is 5.69. The van der Waals surface area contributed by atoms with Crippen molar-refractivity contribution in [3.63, 3.8) is 0 Å². The van der Waals surface area contributed by atoms with Crippen LogP contribution >= 0.6 is 23.2 Å². The molecule has 0 aliphatic rings. The molecule has 0 bridgehead atoms. The third kappa shape index (κ3) is 4.22. The van der Waals surface area contributed by atoms with E-state index in [2.05, 4.69) is 10.1 Å². The van der Waals surface area contributed by atoms with Crippen molar-refractivity contribution in [2.24, 2.45) is 0 Å². The van der Waals surface area contributed by atoms with Crippen molar-refractivity contribution in [2.75, 3.05) is 0 Å². The van der Waals surface area contributed by atoms with E-state index >= 15 is 0 Å². The maximum atomic E-state index is 11.1. The van der Waals surface area contributed by atoms with Gasteiger partial charge in [0.25, 0.3) is 0 Å². The lowest BCUT2D eigenvalue weighted by Crippen LogP contribution is -2.32. The standard InChI is InChI=1S/C18H15Cl2N3O3/c19-13-1-3-14(4-2-13)26-15-5-6-16(17(20)9-15)18(25,7-8-24)10-23-12-21-11-22-23/h1-6,8-9,11-12,25H,7,10H2. The molecular formula is C18H15Cl2N3O3. The fourth-order valence-electron chi connectivity index (χ4n) is 2.56. The van der Waals surface area contributed by atoms with Gasteiger partial charge in [0.1, 0.15) is 36.0 Å². The Kier molecular flexibility index (Phi) is 5.56. The van der Waals surface area contributed by atoms with E-state index in [1.54, 1.807) is 42.5 Å². The SMILES string of the molecule is O=CCC(O)(Cn1cncn1)c1ccc(Oc2ccc(Cl)cc2)cc1Cl. The molecule has 1 unspecified atom stereocenters. The number of benzene rings is 2. The number of aromatic nitrogens is 3. The number of aldehydes is 1. The Morgan fingerprint density at radius 1 is 1.15 bits per heavy atom. The van der Waals surface area contributed by atoms with E-state index in [0.717, 1.165) is 0 Å². The minimum atomic E-state index is -1.51. The van der Waals surface area contributed by atoms with E-state index in [1.807, 2.05) is 0 Å². The van der Waals surface area contributed by atoms with Crippen molar-refractivity contribution in [3.8, 4) is 11.5 Å². The summed E-state index contributed by atoms with van der Waals surface area (Å²) in [6.45, 7) is 0.0445. The van der Waals surface area contributed by atoms with Gasteiger partial charge in [0.15, 0.2) is 0 Å². The molecule has 0 radical (unpaired) electrons. The molecule has 0 spiro atoms. The van der Waals surface area contributed by atoms with Crippen LogP contribution in [0.1, 0.15) is 12.0 Å². The molecule has 0 saturated heterocycles. The van der Waals surface area contributed by atoms with Crippen LogP contribution in [-0.2, 0) is 16.9 Å². The van der Waals surface area contributed by atoms with Crippen molar-refractivity contribution >= 4 is 29.5 Å². The molecule has 134 valence electrons. The molecule has 3 rings (SSSR count). The summed E-state index contributed by atoms with van der Waals surface area (Å²) in [4.78, 5) is 14.9. The summed E-state index contributed by atoms with van der Waals surface area (Å²) >= 11 is 12.2. The molecule has 0 saturated carbocycles. The van der Waals surface area contributed by atoms with Crippen LogP contribution in [0, 0.1) is 0 Å². The third-order valence-corrected chi connectivity index (χ3v) is 4.37. The van der Waals surface area contributed by atoms with Gasteiger partial charge in [-0.05, 0) is 36.4 Å². The molecule has 0 fully saturated rings. The van der Waals surface area contributed by atoms with Crippen LogP contribution in [0.25, 0.3) is 0 Å². The van der Waals surface area contributed by atoms with Gasteiger partial charge in [0, 0.05) is 17.0 Å². The van der Waals surface area contributed by atoms with E-state index in [0.29, 0.717) is 28.4 Å². The molecular weight excluding hydrogens is 377 g/mol. The molecule has 1 N–H and O–H groups in total. The summed E-state index contributed by atoms with van der Waals surface area (Å²) in [6.07, 6.45) is 3.32. The van der Waals surface area contributed by atoms with E-state index in [9.17, 15) is 9.90 Å². The Morgan fingerprint density at radius 3 is 2.50 bits per heavy atom. The number of hydrogen-bond donors (Lipinski definition) is 1. The van der Waals surface area contributed by atoms with Gasteiger partial charge >= 0.3 is 0 Å². The number of carbonyl (C=O) groups excluding carboxylic acids is 1. The van der Waals surface area contributed by atoms with Gasteiger partial charge in [-0.15, -0.1) is 0 Å². The monoisotopic (exact) mass is 391 g/mol. The minimum absolute atomic E-state index is 0.0445. The second kappa shape index (κ2) is 7.86. The summed E-state index contributed by atoms with van der Waals surface area (Å²) in [5.74, 6) is 1.10. The molecule has 1 aromatic heterocycles. The first kappa shape index (κ1) is 18.4. The highest BCUT2D eigenvalue weighted by Crippen LogP contribution is 2.35. The molecule has 0 aliphatic carbocycles. The lowest BCUT2D eigenvalue weighted by atomic mass is 9.90. The Morgan fingerprint density at radius 2 is 1.88 bits per heavy atom. The highest BCUT2D eigenvalue weighted by molar-refractivity contribution is 6.31. The molecule has 26 heavy (non-hydrogen) atoms. The van der Waals surface area contributed by atoms with Gasteiger partial charge in [-0.1, -0.05) is 29.3 Å². The van der Waals surface area contributed by atoms with E-state index < -0.39 is 5.60 Å². The largest absolute Gasteiger partial charge is 0.457 e. The van der Waals surface area contributed by atoms with Crippen LogP contribution in [-0.4, -0.2) is 26.2 Å². The topological polar surface area (TPSA) is 77.2 Å². The summed E-state index contributed by atoms with van der Waals surface area (Å²) in [5, 5.41) is 15.8.